The number of thioether (sulfide) groups is 1. The molecule has 1 saturated heterocycles. The van der Waals surface area contributed by atoms with Gasteiger partial charge in [0, 0.05) is 23.0 Å². The van der Waals surface area contributed by atoms with Crippen molar-refractivity contribution < 1.29 is 9.18 Å². The summed E-state index contributed by atoms with van der Waals surface area (Å²) in [5.41, 5.74) is 3.29. The Labute approximate surface area is 172 Å². The molecule has 2 heterocycles. The van der Waals surface area contributed by atoms with Crippen molar-refractivity contribution in [2.75, 3.05) is 17.4 Å². The van der Waals surface area contributed by atoms with Crippen LogP contribution in [0.15, 0.2) is 53.1 Å². The first kappa shape index (κ1) is 18.9. The molecule has 2 aromatic carbocycles. The van der Waals surface area contributed by atoms with Crippen LogP contribution in [0.1, 0.15) is 23.5 Å². The smallest absolute Gasteiger partial charge is 0.229 e. The molecule has 4 rings (SSSR count). The summed E-state index contributed by atoms with van der Waals surface area (Å²) in [7, 11) is 0. The molecule has 2 aromatic rings. The molecule has 0 aromatic heterocycles. The number of anilines is 1. The Bertz CT molecular complexity index is 1020. The number of nitriles is 1. The van der Waals surface area contributed by atoms with Crippen LogP contribution in [0.3, 0.4) is 0 Å². The second-order valence-corrected chi connectivity index (χ2v) is 8.14. The van der Waals surface area contributed by atoms with Gasteiger partial charge in [0.25, 0.3) is 0 Å². The zero-order chi connectivity index (χ0) is 19.8. The number of carbonyl (C=O) groups is 1. The molecule has 0 N–H and O–H groups in total. The van der Waals surface area contributed by atoms with Crippen LogP contribution in [0.4, 0.5) is 10.1 Å². The average molecular weight is 414 g/mol. The third-order valence-corrected chi connectivity index (χ3v) is 6.71. The van der Waals surface area contributed by atoms with Crippen molar-refractivity contribution in [1.29, 1.82) is 5.26 Å². The number of nitrogens with zero attached hydrogens (tertiary/aromatic N) is 3. The van der Waals surface area contributed by atoms with Gasteiger partial charge in [-0.3, -0.25) is 9.69 Å². The van der Waals surface area contributed by atoms with Crippen LogP contribution in [0.5, 0.6) is 0 Å². The molecular weight excluding hydrogens is 397 g/mol. The third kappa shape index (κ3) is 3.25. The second-order valence-electron chi connectivity index (χ2n) is 6.80. The molecule has 142 valence electrons. The third-order valence-electron chi connectivity index (χ3n) is 5.15. The zero-order valence-electron chi connectivity index (χ0n) is 15.2. The van der Waals surface area contributed by atoms with Gasteiger partial charge in [-0.1, -0.05) is 41.6 Å². The van der Waals surface area contributed by atoms with Crippen molar-refractivity contribution >= 4 is 35.0 Å². The molecule has 0 bridgehead atoms. The highest BCUT2D eigenvalue weighted by Gasteiger charge is 2.38. The van der Waals surface area contributed by atoms with Gasteiger partial charge in [0.2, 0.25) is 5.91 Å². The maximum atomic E-state index is 13.3. The maximum absolute atomic E-state index is 13.3. The first-order chi connectivity index (χ1) is 13.5. The highest BCUT2D eigenvalue weighted by Crippen LogP contribution is 2.43. The number of rotatable bonds is 2. The number of hydrogen-bond donors (Lipinski definition) is 0. The molecule has 0 saturated carbocycles. The molecular formula is C21H17ClFN3OS. The van der Waals surface area contributed by atoms with Crippen LogP contribution >= 0.6 is 23.4 Å². The van der Waals surface area contributed by atoms with E-state index in [1.165, 1.54) is 23.9 Å². The minimum absolute atomic E-state index is 0.0415. The molecule has 0 aliphatic carbocycles. The number of amides is 1. The van der Waals surface area contributed by atoms with Gasteiger partial charge < -0.3 is 4.90 Å². The Hall–Kier alpha value is -2.49. The van der Waals surface area contributed by atoms with Crippen LogP contribution in [-0.2, 0) is 4.79 Å². The summed E-state index contributed by atoms with van der Waals surface area (Å²) in [5.74, 6) is -0.100. The molecule has 1 amide bonds. The van der Waals surface area contributed by atoms with Gasteiger partial charge in [0.15, 0.2) is 0 Å². The summed E-state index contributed by atoms with van der Waals surface area (Å²) in [6, 6.07) is 14.0. The second kappa shape index (κ2) is 7.50. The average Bonchev–Trinajstić information content (AvgIpc) is 2.70. The lowest BCUT2D eigenvalue weighted by Crippen LogP contribution is -2.47. The van der Waals surface area contributed by atoms with E-state index in [1.807, 2.05) is 25.1 Å². The fraction of sp³-hybridized carbons (Fsp3) is 0.238. The summed E-state index contributed by atoms with van der Waals surface area (Å²) in [5, 5.41) is 11.2. The highest BCUT2D eigenvalue weighted by atomic mass is 35.5. The van der Waals surface area contributed by atoms with E-state index in [-0.39, 0.29) is 24.1 Å². The van der Waals surface area contributed by atoms with Gasteiger partial charge in [-0.15, -0.1) is 0 Å². The van der Waals surface area contributed by atoms with Crippen molar-refractivity contribution in [3.63, 3.8) is 0 Å². The van der Waals surface area contributed by atoms with E-state index in [9.17, 15) is 14.4 Å². The topological polar surface area (TPSA) is 47.3 Å². The van der Waals surface area contributed by atoms with E-state index in [1.54, 1.807) is 17.0 Å². The molecule has 0 spiro atoms. The minimum Gasteiger partial charge on any atom is -0.343 e. The van der Waals surface area contributed by atoms with Gasteiger partial charge in [-0.2, -0.15) is 5.26 Å². The van der Waals surface area contributed by atoms with Crippen molar-refractivity contribution in [3.05, 3.63) is 75.0 Å². The molecule has 2 aliphatic rings. The highest BCUT2D eigenvalue weighted by molar-refractivity contribution is 8.03. The fourth-order valence-corrected chi connectivity index (χ4v) is 4.96. The summed E-state index contributed by atoms with van der Waals surface area (Å²) in [6.45, 7) is 2.33. The lowest BCUT2D eigenvalue weighted by molar-refractivity contribution is -0.129. The molecule has 0 radical (unpaired) electrons. The Morgan fingerprint density at radius 1 is 1.25 bits per heavy atom. The monoisotopic (exact) mass is 413 g/mol. The standard InChI is InChI=1S/C21H17ClFN3OS/c1-13-18(22)3-2-4-19(13)25-11-26-20(27)9-16(14-5-7-15(23)8-6-14)17(10-24)21(26)28-12-25/h2-8,16H,9,11-12H2,1H3/t16-/m0/s1. The number of hydrogen-bond acceptors (Lipinski definition) is 4. The minimum atomic E-state index is -0.337. The summed E-state index contributed by atoms with van der Waals surface area (Å²) in [6.07, 6.45) is 0.195. The molecule has 1 atom stereocenters. The lowest BCUT2D eigenvalue weighted by atomic mass is 9.86. The van der Waals surface area contributed by atoms with Crippen LogP contribution in [0.2, 0.25) is 5.02 Å². The Morgan fingerprint density at radius 3 is 2.71 bits per heavy atom. The molecule has 0 unspecified atom stereocenters. The van der Waals surface area contributed by atoms with Crippen LogP contribution in [0.25, 0.3) is 0 Å². The van der Waals surface area contributed by atoms with Gasteiger partial charge in [-0.05, 0) is 42.3 Å². The van der Waals surface area contributed by atoms with E-state index in [2.05, 4.69) is 11.0 Å². The summed E-state index contributed by atoms with van der Waals surface area (Å²) in [4.78, 5) is 16.7. The van der Waals surface area contributed by atoms with E-state index < -0.39 is 0 Å². The Kier molecular flexibility index (Phi) is 5.05. The van der Waals surface area contributed by atoms with E-state index >= 15 is 0 Å². The number of carbonyl (C=O) groups excluding carboxylic acids is 1. The SMILES string of the molecule is Cc1c(Cl)cccc1N1CSC2=C(C#N)[C@H](c3ccc(F)cc3)CC(=O)N2C1. The molecule has 28 heavy (non-hydrogen) atoms. The fourth-order valence-electron chi connectivity index (χ4n) is 3.63. The van der Waals surface area contributed by atoms with Gasteiger partial charge >= 0.3 is 0 Å². The van der Waals surface area contributed by atoms with Gasteiger partial charge in [0.05, 0.1) is 29.2 Å². The van der Waals surface area contributed by atoms with E-state index in [4.69, 9.17) is 11.6 Å². The Balaban J connectivity index is 1.68. The number of halogens is 2. The van der Waals surface area contributed by atoms with Gasteiger partial charge in [-0.25, -0.2) is 4.39 Å². The van der Waals surface area contributed by atoms with Crippen LogP contribution < -0.4 is 4.90 Å². The summed E-state index contributed by atoms with van der Waals surface area (Å²) >= 11 is 7.72. The van der Waals surface area contributed by atoms with Gasteiger partial charge in [0.1, 0.15) is 5.82 Å². The van der Waals surface area contributed by atoms with Crippen LogP contribution in [0, 0.1) is 24.1 Å². The molecule has 2 aliphatic heterocycles. The Morgan fingerprint density at radius 2 is 2.00 bits per heavy atom. The van der Waals surface area contributed by atoms with E-state index in [0.29, 0.717) is 28.2 Å². The molecule has 1 fully saturated rings. The maximum Gasteiger partial charge on any atom is 0.229 e. The predicted octanol–water partition coefficient (Wildman–Crippen LogP) is 5.01. The number of fused-ring (bicyclic) bond motifs is 1. The normalized spacial score (nSPS) is 19.5. The number of allylic oxidation sites excluding steroid dienone is 1. The largest absolute Gasteiger partial charge is 0.343 e. The first-order valence-electron chi connectivity index (χ1n) is 8.82. The quantitative estimate of drug-likeness (QED) is 0.694. The first-order valence-corrected chi connectivity index (χ1v) is 10.2. The van der Waals surface area contributed by atoms with Crippen molar-refractivity contribution in [2.45, 2.75) is 19.3 Å². The zero-order valence-corrected chi connectivity index (χ0v) is 16.7. The van der Waals surface area contributed by atoms with Crippen molar-refractivity contribution in [2.24, 2.45) is 0 Å². The van der Waals surface area contributed by atoms with E-state index in [0.717, 1.165) is 16.8 Å². The molecule has 7 heteroatoms. The lowest BCUT2D eigenvalue weighted by Gasteiger charge is -2.42. The van der Waals surface area contributed by atoms with Crippen molar-refractivity contribution in [1.82, 2.24) is 4.90 Å². The summed E-state index contributed by atoms with van der Waals surface area (Å²) < 4.78 is 13.3. The van der Waals surface area contributed by atoms with Crippen LogP contribution in [-0.4, -0.2) is 23.4 Å². The molecule has 4 nitrogen and oxygen atoms in total. The predicted molar refractivity (Wildman–Crippen MR) is 109 cm³/mol. The van der Waals surface area contributed by atoms with Crippen molar-refractivity contribution in [3.8, 4) is 6.07 Å². The number of benzene rings is 2.